The molecule has 0 aromatic heterocycles. The lowest BCUT2D eigenvalue weighted by Gasteiger charge is -2.11. The molecule has 1 heterocycles. The number of fused-ring (bicyclic) bond motifs is 2. The molecule has 0 unspecified atom stereocenters. The van der Waals surface area contributed by atoms with Gasteiger partial charge >= 0.3 is 0 Å². The first-order valence-corrected chi connectivity index (χ1v) is 9.78. The zero-order chi connectivity index (χ0) is 20.3. The van der Waals surface area contributed by atoms with Gasteiger partial charge < -0.3 is 20.1 Å². The summed E-state index contributed by atoms with van der Waals surface area (Å²) in [6, 6.07) is 27.3. The Bertz CT molecular complexity index is 1230. The van der Waals surface area contributed by atoms with E-state index < -0.39 is 0 Å². The minimum absolute atomic E-state index is 0.141. The average Bonchev–Trinajstić information content (AvgIpc) is 3.26. The molecule has 0 bridgehead atoms. The van der Waals surface area contributed by atoms with Crippen LogP contribution in [0.4, 0.5) is 11.4 Å². The van der Waals surface area contributed by atoms with E-state index >= 15 is 0 Å². The molecule has 0 atom stereocenters. The highest BCUT2D eigenvalue weighted by molar-refractivity contribution is 6.09. The number of hydrogen-bond donors (Lipinski definition) is 2. The van der Waals surface area contributed by atoms with Crippen molar-refractivity contribution in [1.29, 1.82) is 0 Å². The van der Waals surface area contributed by atoms with Crippen LogP contribution < -0.4 is 20.1 Å². The highest BCUT2D eigenvalue weighted by Crippen LogP contribution is 2.32. The zero-order valence-electron chi connectivity index (χ0n) is 16.2. The summed E-state index contributed by atoms with van der Waals surface area (Å²) in [5, 5.41) is 8.51. The first kappa shape index (κ1) is 18.1. The van der Waals surface area contributed by atoms with E-state index in [-0.39, 0.29) is 12.7 Å². The van der Waals surface area contributed by atoms with E-state index in [0.717, 1.165) is 39.2 Å². The number of carbonyl (C=O) groups is 1. The Hall–Kier alpha value is -3.99. The van der Waals surface area contributed by atoms with Gasteiger partial charge in [0, 0.05) is 28.9 Å². The molecule has 1 amide bonds. The minimum atomic E-state index is -0.141. The second kappa shape index (κ2) is 7.79. The van der Waals surface area contributed by atoms with Crippen molar-refractivity contribution in [3.8, 4) is 11.5 Å². The fourth-order valence-corrected chi connectivity index (χ4v) is 3.55. The highest BCUT2D eigenvalue weighted by atomic mass is 16.7. The fourth-order valence-electron chi connectivity index (χ4n) is 3.55. The van der Waals surface area contributed by atoms with E-state index in [1.165, 1.54) is 0 Å². The van der Waals surface area contributed by atoms with Crippen molar-refractivity contribution in [2.24, 2.45) is 0 Å². The highest BCUT2D eigenvalue weighted by Gasteiger charge is 2.13. The topological polar surface area (TPSA) is 59.6 Å². The molecule has 2 N–H and O–H groups in total. The summed E-state index contributed by atoms with van der Waals surface area (Å²) in [6.07, 6.45) is 0. The summed E-state index contributed by atoms with van der Waals surface area (Å²) in [7, 11) is 0. The van der Waals surface area contributed by atoms with Gasteiger partial charge in [0.15, 0.2) is 11.5 Å². The lowest BCUT2D eigenvalue weighted by atomic mass is 10.1. The first-order valence-electron chi connectivity index (χ1n) is 9.78. The predicted octanol–water partition coefficient (Wildman–Crippen LogP) is 5.43. The third-order valence-corrected chi connectivity index (χ3v) is 5.10. The third-order valence-electron chi connectivity index (χ3n) is 5.10. The quantitative estimate of drug-likeness (QED) is 0.472. The Kier molecular flexibility index (Phi) is 4.69. The minimum Gasteiger partial charge on any atom is -0.454 e. The number of hydrogen-bond acceptors (Lipinski definition) is 4. The van der Waals surface area contributed by atoms with Gasteiger partial charge in [0.25, 0.3) is 5.91 Å². The maximum Gasteiger partial charge on any atom is 0.255 e. The molecule has 0 saturated heterocycles. The monoisotopic (exact) mass is 396 g/mol. The molecular weight excluding hydrogens is 376 g/mol. The number of rotatable bonds is 5. The van der Waals surface area contributed by atoms with Crippen LogP contribution in [-0.2, 0) is 6.54 Å². The van der Waals surface area contributed by atoms with Crippen molar-refractivity contribution in [3.05, 3.63) is 96.1 Å². The molecule has 1 aliphatic heterocycles. The van der Waals surface area contributed by atoms with Gasteiger partial charge in [0.2, 0.25) is 6.79 Å². The summed E-state index contributed by atoms with van der Waals surface area (Å²) in [6.45, 7) is 0.880. The van der Waals surface area contributed by atoms with Crippen LogP contribution in [0, 0.1) is 0 Å². The third kappa shape index (κ3) is 3.65. The molecule has 5 heteroatoms. The molecule has 30 heavy (non-hydrogen) atoms. The van der Waals surface area contributed by atoms with Crippen molar-refractivity contribution in [2.75, 3.05) is 17.4 Å². The number of nitrogens with one attached hydrogen (secondary N) is 2. The van der Waals surface area contributed by atoms with Gasteiger partial charge in [-0.05, 0) is 47.3 Å². The van der Waals surface area contributed by atoms with E-state index in [4.69, 9.17) is 9.47 Å². The Morgan fingerprint density at radius 1 is 0.833 bits per heavy atom. The number of benzene rings is 4. The lowest BCUT2D eigenvalue weighted by Crippen LogP contribution is -2.12. The van der Waals surface area contributed by atoms with Gasteiger partial charge in [-0.1, -0.05) is 48.5 Å². The van der Waals surface area contributed by atoms with Crippen LogP contribution in [0.3, 0.4) is 0 Å². The molecule has 0 spiro atoms. The van der Waals surface area contributed by atoms with E-state index in [1.807, 2.05) is 84.9 Å². The van der Waals surface area contributed by atoms with Crippen LogP contribution in [0.15, 0.2) is 84.9 Å². The van der Waals surface area contributed by atoms with Gasteiger partial charge in [0.05, 0.1) is 0 Å². The van der Waals surface area contributed by atoms with Crippen molar-refractivity contribution >= 4 is 28.1 Å². The molecule has 148 valence electrons. The Morgan fingerprint density at radius 3 is 2.63 bits per heavy atom. The van der Waals surface area contributed by atoms with Gasteiger partial charge in [0.1, 0.15) is 0 Å². The maximum atomic E-state index is 12.8. The summed E-state index contributed by atoms with van der Waals surface area (Å²) < 4.78 is 10.8. The van der Waals surface area contributed by atoms with E-state index in [9.17, 15) is 4.79 Å². The number of ether oxygens (including phenoxy) is 2. The van der Waals surface area contributed by atoms with Crippen LogP contribution in [0.5, 0.6) is 11.5 Å². The summed E-state index contributed by atoms with van der Waals surface area (Å²) in [5.41, 5.74) is 3.35. The number of anilines is 2. The molecule has 4 aromatic rings. The first-order chi connectivity index (χ1) is 14.8. The zero-order valence-corrected chi connectivity index (χ0v) is 16.2. The lowest BCUT2D eigenvalue weighted by molar-refractivity contribution is 0.102. The van der Waals surface area contributed by atoms with E-state index in [0.29, 0.717) is 12.1 Å². The van der Waals surface area contributed by atoms with E-state index in [2.05, 4.69) is 10.6 Å². The van der Waals surface area contributed by atoms with Crippen molar-refractivity contribution in [3.63, 3.8) is 0 Å². The average molecular weight is 396 g/mol. The van der Waals surface area contributed by atoms with Gasteiger partial charge in [-0.3, -0.25) is 4.79 Å². The molecule has 0 saturated carbocycles. The van der Waals surface area contributed by atoms with Crippen LogP contribution in [0.25, 0.3) is 10.8 Å². The van der Waals surface area contributed by atoms with Crippen molar-refractivity contribution < 1.29 is 14.3 Å². The predicted molar refractivity (Wildman–Crippen MR) is 118 cm³/mol. The molecule has 5 nitrogen and oxygen atoms in total. The van der Waals surface area contributed by atoms with Gasteiger partial charge in [-0.25, -0.2) is 0 Å². The van der Waals surface area contributed by atoms with Crippen LogP contribution in [-0.4, -0.2) is 12.7 Å². The maximum absolute atomic E-state index is 12.8. The second-order valence-corrected chi connectivity index (χ2v) is 7.10. The van der Waals surface area contributed by atoms with Gasteiger partial charge in [-0.15, -0.1) is 0 Å². The molecule has 0 fully saturated rings. The van der Waals surface area contributed by atoms with Crippen LogP contribution in [0.2, 0.25) is 0 Å². The largest absolute Gasteiger partial charge is 0.454 e. The molecular formula is C25H20N2O3. The molecule has 0 aliphatic carbocycles. The van der Waals surface area contributed by atoms with Crippen LogP contribution in [0.1, 0.15) is 15.9 Å². The standard InChI is InChI=1S/C25H20N2O3/c28-25(27-22-10-4-6-18-5-1-2-9-21(18)22)19-7-3-8-20(14-19)26-15-17-11-12-23-24(13-17)30-16-29-23/h1-14,26H,15-16H2,(H,27,28). The normalized spacial score (nSPS) is 12.0. The number of carbonyl (C=O) groups excluding carboxylic acids is 1. The van der Waals surface area contributed by atoms with Crippen molar-refractivity contribution in [1.82, 2.24) is 0 Å². The summed E-state index contributed by atoms with van der Waals surface area (Å²) in [5.74, 6) is 1.39. The molecule has 1 aliphatic rings. The molecule has 0 radical (unpaired) electrons. The molecule has 4 aromatic carbocycles. The van der Waals surface area contributed by atoms with E-state index in [1.54, 1.807) is 0 Å². The fraction of sp³-hybridized carbons (Fsp3) is 0.0800. The number of amides is 1. The summed E-state index contributed by atoms with van der Waals surface area (Å²) in [4.78, 5) is 12.8. The summed E-state index contributed by atoms with van der Waals surface area (Å²) >= 11 is 0. The Balaban J connectivity index is 1.30. The van der Waals surface area contributed by atoms with Crippen molar-refractivity contribution in [2.45, 2.75) is 6.54 Å². The Morgan fingerprint density at radius 2 is 1.67 bits per heavy atom. The molecule has 5 rings (SSSR count). The van der Waals surface area contributed by atoms with Gasteiger partial charge in [-0.2, -0.15) is 0 Å². The van der Waals surface area contributed by atoms with Crippen LogP contribution >= 0.6 is 0 Å². The smallest absolute Gasteiger partial charge is 0.255 e. The SMILES string of the molecule is O=C(Nc1cccc2ccccc12)c1cccc(NCc2ccc3c(c2)OCO3)c1. The Labute approximate surface area is 174 Å². The second-order valence-electron chi connectivity index (χ2n) is 7.10.